The Morgan fingerprint density at radius 2 is 2.27 bits per heavy atom. The van der Waals surface area contributed by atoms with Crippen molar-refractivity contribution < 1.29 is 9.53 Å². The monoisotopic (exact) mass is 211 g/mol. The summed E-state index contributed by atoms with van der Waals surface area (Å²) in [5, 5.41) is 0. The van der Waals surface area contributed by atoms with Crippen LogP contribution in [0.25, 0.3) is 0 Å². The smallest absolute Gasteiger partial charge is 0.152 e. The topological polar surface area (TPSA) is 29.5 Å². The molecule has 2 aliphatic heterocycles. The van der Waals surface area contributed by atoms with Crippen molar-refractivity contribution >= 4 is 5.78 Å². The maximum Gasteiger partial charge on any atom is 0.152 e. The number of carbonyl (C=O) groups excluding carboxylic acids is 1. The van der Waals surface area contributed by atoms with Crippen molar-refractivity contribution in [2.75, 3.05) is 19.7 Å². The molecule has 0 N–H and O–H groups in total. The zero-order valence-corrected chi connectivity index (χ0v) is 9.79. The third kappa shape index (κ3) is 2.23. The van der Waals surface area contributed by atoms with Crippen LogP contribution in [-0.2, 0) is 9.53 Å². The fourth-order valence-electron chi connectivity index (χ4n) is 2.55. The molecule has 3 heteroatoms. The van der Waals surface area contributed by atoms with Crippen LogP contribution in [0.2, 0.25) is 0 Å². The van der Waals surface area contributed by atoms with Crippen LogP contribution in [0, 0.1) is 0 Å². The third-order valence-corrected chi connectivity index (χ3v) is 3.75. The zero-order chi connectivity index (χ0) is 10.9. The second-order valence-electron chi connectivity index (χ2n) is 5.17. The molecule has 2 aliphatic rings. The van der Waals surface area contributed by atoms with E-state index in [9.17, 15) is 4.79 Å². The van der Waals surface area contributed by atoms with E-state index in [1.165, 1.54) is 6.42 Å². The van der Waals surface area contributed by atoms with Gasteiger partial charge in [0.15, 0.2) is 5.78 Å². The highest BCUT2D eigenvalue weighted by Crippen LogP contribution is 2.26. The van der Waals surface area contributed by atoms with Crippen molar-refractivity contribution in [3.63, 3.8) is 0 Å². The van der Waals surface area contributed by atoms with Crippen molar-refractivity contribution in [2.24, 2.45) is 0 Å². The normalized spacial score (nSPS) is 32.1. The van der Waals surface area contributed by atoms with Crippen LogP contribution < -0.4 is 0 Å². The largest absolute Gasteiger partial charge is 0.377 e. The Kier molecular flexibility index (Phi) is 3.12. The molecule has 3 nitrogen and oxygen atoms in total. The van der Waals surface area contributed by atoms with Crippen LogP contribution in [0.5, 0.6) is 0 Å². The van der Waals surface area contributed by atoms with Crippen LogP contribution in [0.3, 0.4) is 0 Å². The van der Waals surface area contributed by atoms with Gasteiger partial charge in [-0.2, -0.15) is 0 Å². The number of nitrogens with zero attached hydrogens (tertiary/aromatic N) is 1. The molecule has 0 bridgehead atoms. The molecule has 1 unspecified atom stereocenters. The summed E-state index contributed by atoms with van der Waals surface area (Å²) in [6, 6.07) is 0. The number of ether oxygens (including phenoxy) is 1. The Hall–Kier alpha value is -0.410. The highest BCUT2D eigenvalue weighted by atomic mass is 16.5. The van der Waals surface area contributed by atoms with Crippen molar-refractivity contribution in [1.82, 2.24) is 4.90 Å². The number of hydrogen-bond acceptors (Lipinski definition) is 3. The number of ketones is 1. The molecule has 15 heavy (non-hydrogen) atoms. The summed E-state index contributed by atoms with van der Waals surface area (Å²) in [6.07, 6.45) is 4.44. The van der Waals surface area contributed by atoms with E-state index in [2.05, 4.69) is 4.90 Å². The summed E-state index contributed by atoms with van der Waals surface area (Å²) in [4.78, 5) is 14.1. The minimum Gasteiger partial charge on any atom is -0.377 e. The molecule has 0 saturated carbocycles. The molecule has 0 spiro atoms. The van der Waals surface area contributed by atoms with Gasteiger partial charge in [-0.15, -0.1) is 0 Å². The van der Waals surface area contributed by atoms with Crippen molar-refractivity contribution in [2.45, 2.75) is 51.2 Å². The molecule has 0 radical (unpaired) electrons. The van der Waals surface area contributed by atoms with Gasteiger partial charge in [0.25, 0.3) is 0 Å². The van der Waals surface area contributed by atoms with Gasteiger partial charge >= 0.3 is 0 Å². The summed E-state index contributed by atoms with van der Waals surface area (Å²) < 4.78 is 5.63. The van der Waals surface area contributed by atoms with E-state index in [4.69, 9.17) is 4.74 Å². The fraction of sp³-hybridized carbons (Fsp3) is 0.917. The van der Waals surface area contributed by atoms with Gasteiger partial charge in [0.05, 0.1) is 11.6 Å². The first-order valence-corrected chi connectivity index (χ1v) is 6.00. The van der Waals surface area contributed by atoms with Crippen LogP contribution in [0.1, 0.15) is 39.5 Å². The SMILES string of the molecule is CC1(C)C(=O)CCCN1CC1CCCO1. The molecule has 2 heterocycles. The molecule has 2 fully saturated rings. The molecule has 86 valence electrons. The first-order valence-electron chi connectivity index (χ1n) is 6.00. The summed E-state index contributed by atoms with van der Waals surface area (Å²) in [5.41, 5.74) is -0.274. The highest BCUT2D eigenvalue weighted by molar-refractivity contribution is 5.88. The molecular weight excluding hydrogens is 190 g/mol. The standard InChI is InChI=1S/C12H21NO2/c1-12(2)11(14)6-3-7-13(12)9-10-5-4-8-15-10/h10H,3-9H2,1-2H3. The zero-order valence-electron chi connectivity index (χ0n) is 9.79. The van der Waals surface area contributed by atoms with Gasteiger partial charge in [-0.25, -0.2) is 0 Å². The molecule has 0 aromatic carbocycles. The van der Waals surface area contributed by atoms with Crippen molar-refractivity contribution in [3.8, 4) is 0 Å². The number of likely N-dealkylation sites (tertiary alicyclic amines) is 1. The van der Waals surface area contributed by atoms with Crippen molar-refractivity contribution in [1.29, 1.82) is 0 Å². The summed E-state index contributed by atoms with van der Waals surface area (Å²) in [6.45, 7) is 6.96. The fourth-order valence-corrected chi connectivity index (χ4v) is 2.55. The number of piperidine rings is 1. The molecule has 0 amide bonds. The third-order valence-electron chi connectivity index (χ3n) is 3.75. The van der Waals surface area contributed by atoms with Crippen molar-refractivity contribution in [3.05, 3.63) is 0 Å². The van der Waals surface area contributed by atoms with Crippen LogP contribution in [-0.4, -0.2) is 42.0 Å². The Morgan fingerprint density at radius 1 is 1.47 bits per heavy atom. The van der Waals surface area contributed by atoms with E-state index in [0.717, 1.165) is 39.0 Å². The van der Waals surface area contributed by atoms with Crippen LogP contribution in [0.4, 0.5) is 0 Å². The Balaban J connectivity index is 1.97. The van der Waals surface area contributed by atoms with E-state index in [0.29, 0.717) is 11.9 Å². The Labute approximate surface area is 91.8 Å². The van der Waals surface area contributed by atoms with Gasteiger partial charge in [0, 0.05) is 19.6 Å². The van der Waals surface area contributed by atoms with Gasteiger partial charge < -0.3 is 4.74 Å². The molecule has 2 saturated heterocycles. The van der Waals surface area contributed by atoms with Gasteiger partial charge in [-0.1, -0.05) is 0 Å². The molecule has 0 aromatic rings. The van der Waals surface area contributed by atoms with E-state index >= 15 is 0 Å². The second-order valence-corrected chi connectivity index (χ2v) is 5.17. The lowest BCUT2D eigenvalue weighted by atomic mass is 9.88. The quantitative estimate of drug-likeness (QED) is 0.695. The average molecular weight is 211 g/mol. The predicted molar refractivity (Wildman–Crippen MR) is 58.9 cm³/mol. The van der Waals surface area contributed by atoms with E-state index < -0.39 is 0 Å². The minimum absolute atomic E-state index is 0.274. The molecule has 1 atom stereocenters. The maximum atomic E-state index is 11.8. The van der Waals surface area contributed by atoms with Gasteiger partial charge in [-0.05, 0) is 39.7 Å². The number of hydrogen-bond donors (Lipinski definition) is 0. The van der Waals surface area contributed by atoms with Gasteiger partial charge in [0.1, 0.15) is 0 Å². The number of rotatable bonds is 2. The lowest BCUT2D eigenvalue weighted by molar-refractivity contribution is -0.134. The Bertz CT molecular complexity index is 244. The summed E-state index contributed by atoms with van der Waals surface area (Å²) >= 11 is 0. The number of carbonyl (C=O) groups is 1. The van der Waals surface area contributed by atoms with Crippen LogP contribution >= 0.6 is 0 Å². The molecule has 0 aliphatic carbocycles. The lowest BCUT2D eigenvalue weighted by Crippen LogP contribution is -2.55. The van der Waals surface area contributed by atoms with E-state index in [1.54, 1.807) is 0 Å². The average Bonchev–Trinajstić information content (AvgIpc) is 2.66. The van der Waals surface area contributed by atoms with E-state index in [1.807, 2.05) is 13.8 Å². The maximum absolute atomic E-state index is 11.8. The summed E-state index contributed by atoms with van der Waals surface area (Å²) in [7, 11) is 0. The first-order chi connectivity index (χ1) is 7.10. The molecular formula is C12H21NO2. The lowest BCUT2D eigenvalue weighted by Gasteiger charge is -2.42. The van der Waals surface area contributed by atoms with Crippen LogP contribution in [0.15, 0.2) is 0 Å². The second kappa shape index (κ2) is 4.22. The Morgan fingerprint density at radius 3 is 2.93 bits per heavy atom. The van der Waals surface area contributed by atoms with E-state index in [-0.39, 0.29) is 5.54 Å². The molecule has 0 aromatic heterocycles. The first kappa shape index (κ1) is 11.1. The van der Waals surface area contributed by atoms with Gasteiger partial charge in [-0.3, -0.25) is 9.69 Å². The molecule has 2 rings (SSSR count). The van der Waals surface area contributed by atoms with Gasteiger partial charge in [0.2, 0.25) is 0 Å². The minimum atomic E-state index is -0.274. The highest BCUT2D eigenvalue weighted by Gasteiger charge is 2.38. The predicted octanol–water partition coefficient (Wildman–Crippen LogP) is 1.61. The summed E-state index contributed by atoms with van der Waals surface area (Å²) in [5.74, 6) is 0.381. The number of Topliss-reactive ketones (excluding diaryl/α,β-unsaturated/α-hetero) is 1.